The standard InChI is InChI=1S/C13H17Cl2NO5S/c1-3-4-5-8(13(17)18)16-22(19,20)10-7-6-9(21-2)11(14)12(10)15/h6-8,16H,3-5H2,1-2H3,(H,17,18)/t8-/m0/s1. The van der Waals surface area contributed by atoms with Gasteiger partial charge in [-0.1, -0.05) is 43.0 Å². The Morgan fingerprint density at radius 3 is 2.50 bits per heavy atom. The summed E-state index contributed by atoms with van der Waals surface area (Å²) in [4.78, 5) is 10.9. The van der Waals surface area contributed by atoms with E-state index in [1.165, 1.54) is 19.2 Å². The summed E-state index contributed by atoms with van der Waals surface area (Å²) in [6.45, 7) is 1.88. The molecule has 1 atom stereocenters. The normalized spacial score (nSPS) is 12.9. The van der Waals surface area contributed by atoms with E-state index in [1.54, 1.807) is 0 Å². The fraction of sp³-hybridized carbons (Fsp3) is 0.462. The average Bonchev–Trinajstić information content (AvgIpc) is 2.45. The van der Waals surface area contributed by atoms with Gasteiger partial charge in [0.2, 0.25) is 10.0 Å². The largest absolute Gasteiger partial charge is 0.495 e. The molecule has 0 amide bonds. The number of sulfonamides is 1. The Morgan fingerprint density at radius 1 is 1.36 bits per heavy atom. The van der Waals surface area contributed by atoms with Crippen molar-refractivity contribution < 1.29 is 23.1 Å². The minimum Gasteiger partial charge on any atom is -0.495 e. The Balaban J connectivity index is 3.13. The molecule has 2 N–H and O–H groups in total. The second-order valence-electron chi connectivity index (χ2n) is 4.55. The summed E-state index contributed by atoms with van der Waals surface area (Å²) in [5.41, 5.74) is 0. The van der Waals surface area contributed by atoms with E-state index in [0.717, 1.165) is 6.42 Å². The van der Waals surface area contributed by atoms with Gasteiger partial charge in [-0.15, -0.1) is 0 Å². The molecule has 0 bridgehead atoms. The number of carboxylic acid groups (broad SMARTS) is 1. The SMILES string of the molecule is CCCC[C@H](NS(=O)(=O)c1ccc(OC)c(Cl)c1Cl)C(=O)O. The van der Waals surface area contributed by atoms with Gasteiger partial charge in [-0.05, 0) is 18.6 Å². The highest BCUT2D eigenvalue weighted by molar-refractivity contribution is 7.89. The van der Waals surface area contributed by atoms with Crippen molar-refractivity contribution in [2.75, 3.05) is 7.11 Å². The highest BCUT2D eigenvalue weighted by atomic mass is 35.5. The fourth-order valence-corrected chi connectivity index (χ4v) is 3.84. The highest BCUT2D eigenvalue weighted by Crippen LogP contribution is 2.36. The number of nitrogens with one attached hydrogen (secondary N) is 1. The topological polar surface area (TPSA) is 92.7 Å². The number of hydrogen-bond acceptors (Lipinski definition) is 4. The van der Waals surface area contributed by atoms with E-state index in [0.29, 0.717) is 6.42 Å². The molecule has 0 aliphatic heterocycles. The molecule has 0 radical (unpaired) electrons. The fourth-order valence-electron chi connectivity index (χ4n) is 1.77. The maximum Gasteiger partial charge on any atom is 0.321 e. The highest BCUT2D eigenvalue weighted by Gasteiger charge is 2.28. The van der Waals surface area contributed by atoms with Crippen molar-refractivity contribution in [3.05, 3.63) is 22.2 Å². The summed E-state index contributed by atoms with van der Waals surface area (Å²) in [7, 11) is -2.75. The molecule has 0 spiro atoms. The van der Waals surface area contributed by atoms with Crippen molar-refractivity contribution in [2.24, 2.45) is 0 Å². The van der Waals surface area contributed by atoms with Crippen LogP contribution in [0.1, 0.15) is 26.2 Å². The molecule has 6 nitrogen and oxygen atoms in total. The molecule has 0 aliphatic rings. The second kappa shape index (κ2) is 8.01. The predicted octanol–water partition coefficient (Wildman–Crippen LogP) is 2.92. The van der Waals surface area contributed by atoms with Crippen molar-refractivity contribution in [1.29, 1.82) is 0 Å². The van der Waals surface area contributed by atoms with Gasteiger partial charge in [0.15, 0.2) is 0 Å². The van der Waals surface area contributed by atoms with Gasteiger partial charge >= 0.3 is 5.97 Å². The van der Waals surface area contributed by atoms with Crippen LogP contribution in [0.5, 0.6) is 5.75 Å². The minimum absolute atomic E-state index is 0.0486. The number of methoxy groups -OCH3 is 1. The number of ether oxygens (including phenoxy) is 1. The number of rotatable bonds is 8. The van der Waals surface area contributed by atoms with Gasteiger partial charge in [0, 0.05) is 0 Å². The average molecular weight is 370 g/mol. The van der Waals surface area contributed by atoms with Gasteiger partial charge < -0.3 is 9.84 Å². The quantitative estimate of drug-likeness (QED) is 0.734. The van der Waals surface area contributed by atoms with Crippen LogP contribution in [0, 0.1) is 0 Å². The van der Waals surface area contributed by atoms with Crippen LogP contribution in [0.15, 0.2) is 17.0 Å². The van der Waals surface area contributed by atoms with Crippen LogP contribution in [-0.4, -0.2) is 32.6 Å². The molecule has 1 aromatic carbocycles. The summed E-state index contributed by atoms with van der Waals surface area (Å²) in [5.74, 6) is -1.01. The van der Waals surface area contributed by atoms with E-state index >= 15 is 0 Å². The first-order valence-electron chi connectivity index (χ1n) is 6.51. The lowest BCUT2D eigenvalue weighted by Crippen LogP contribution is -2.40. The monoisotopic (exact) mass is 369 g/mol. The lowest BCUT2D eigenvalue weighted by molar-refractivity contribution is -0.139. The number of benzene rings is 1. The van der Waals surface area contributed by atoms with Crippen molar-refractivity contribution >= 4 is 39.2 Å². The predicted molar refractivity (Wildman–Crippen MR) is 84.3 cm³/mol. The zero-order valence-corrected chi connectivity index (χ0v) is 14.4. The van der Waals surface area contributed by atoms with E-state index in [1.807, 2.05) is 6.92 Å². The van der Waals surface area contributed by atoms with Crippen molar-refractivity contribution in [2.45, 2.75) is 37.1 Å². The van der Waals surface area contributed by atoms with Crippen molar-refractivity contribution in [3.8, 4) is 5.75 Å². The molecule has 0 aliphatic carbocycles. The number of carbonyl (C=O) groups is 1. The Morgan fingerprint density at radius 2 is 2.00 bits per heavy atom. The first-order chi connectivity index (χ1) is 10.2. The molecule has 0 saturated heterocycles. The van der Waals surface area contributed by atoms with Crippen molar-refractivity contribution in [3.63, 3.8) is 0 Å². The van der Waals surface area contributed by atoms with Crippen LogP contribution >= 0.6 is 23.2 Å². The molecule has 0 fully saturated rings. The Kier molecular flexibility index (Phi) is 6.93. The molecule has 0 saturated carbocycles. The van der Waals surface area contributed by atoms with E-state index in [-0.39, 0.29) is 27.1 Å². The first kappa shape index (κ1) is 19.0. The Labute approximate surface area is 139 Å². The van der Waals surface area contributed by atoms with Crippen molar-refractivity contribution in [1.82, 2.24) is 4.72 Å². The molecular formula is C13H17Cl2NO5S. The van der Waals surface area contributed by atoms with Gasteiger partial charge in [0.05, 0.1) is 12.1 Å². The van der Waals surface area contributed by atoms with E-state index in [9.17, 15) is 13.2 Å². The third-order valence-electron chi connectivity index (χ3n) is 2.96. The molecule has 0 heterocycles. The molecule has 22 heavy (non-hydrogen) atoms. The smallest absolute Gasteiger partial charge is 0.321 e. The molecule has 1 aromatic rings. The maximum absolute atomic E-state index is 12.3. The number of carboxylic acids is 1. The minimum atomic E-state index is -4.12. The lowest BCUT2D eigenvalue weighted by atomic mass is 10.1. The van der Waals surface area contributed by atoms with Crippen LogP contribution in [0.2, 0.25) is 10.0 Å². The van der Waals surface area contributed by atoms with E-state index in [2.05, 4.69) is 4.72 Å². The lowest BCUT2D eigenvalue weighted by Gasteiger charge is -2.16. The van der Waals surface area contributed by atoms with Crippen LogP contribution in [0.4, 0.5) is 0 Å². The van der Waals surface area contributed by atoms with E-state index < -0.39 is 22.0 Å². The first-order valence-corrected chi connectivity index (χ1v) is 8.75. The van der Waals surface area contributed by atoms with Gasteiger partial charge in [0.25, 0.3) is 0 Å². The Hall–Kier alpha value is -1.02. The summed E-state index contributed by atoms with van der Waals surface area (Å²) in [6.07, 6.45) is 1.52. The molecule has 0 unspecified atom stereocenters. The van der Waals surface area contributed by atoms with Gasteiger partial charge in [0.1, 0.15) is 21.7 Å². The second-order valence-corrected chi connectivity index (χ2v) is 6.99. The Bertz CT molecular complexity index is 648. The summed E-state index contributed by atoms with van der Waals surface area (Å²) in [6, 6.07) is 1.35. The molecule has 0 aromatic heterocycles. The number of hydrogen-bond donors (Lipinski definition) is 2. The number of unbranched alkanes of at least 4 members (excludes halogenated alkanes) is 1. The van der Waals surface area contributed by atoms with Gasteiger partial charge in [-0.25, -0.2) is 8.42 Å². The third kappa shape index (κ3) is 4.49. The summed E-state index contributed by atoms with van der Waals surface area (Å²) >= 11 is 11.9. The van der Waals surface area contributed by atoms with Crippen LogP contribution in [-0.2, 0) is 14.8 Å². The zero-order chi connectivity index (χ0) is 16.9. The third-order valence-corrected chi connectivity index (χ3v) is 5.45. The zero-order valence-electron chi connectivity index (χ0n) is 12.1. The molecule has 1 rings (SSSR count). The molecule has 124 valence electrons. The number of aliphatic carboxylic acids is 1. The van der Waals surface area contributed by atoms with Crippen LogP contribution in [0.25, 0.3) is 0 Å². The maximum atomic E-state index is 12.3. The van der Waals surface area contributed by atoms with Gasteiger partial charge in [-0.2, -0.15) is 4.72 Å². The summed E-state index contributed by atoms with van der Waals surface area (Å²) < 4.78 is 31.7. The van der Waals surface area contributed by atoms with E-state index in [4.69, 9.17) is 33.0 Å². The number of halogens is 2. The van der Waals surface area contributed by atoms with Crippen LogP contribution in [0.3, 0.4) is 0 Å². The molecular weight excluding hydrogens is 353 g/mol. The summed E-state index contributed by atoms with van der Waals surface area (Å²) in [5, 5.41) is 8.85. The van der Waals surface area contributed by atoms with Gasteiger partial charge in [-0.3, -0.25) is 4.79 Å². The molecule has 9 heteroatoms. The van der Waals surface area contributed by atoms with Crippen LogP contribution < -0.4 is 9.46 Å².